The summed E-state index contributed by atoms with van der Waals surface area (Å²) >= 11 is 0. The van der Waals surface area contributed by atoms with Gasteiger partial charge in [-0.05, 0) is 24.6 Å². The van der Waals surface area contributed by atoms with Gasteiger partial charge in [0.2, 0.25) is 5.91 Å². The van der Waals surface area contributed by atoms with Gasteiger partial charge in [0.15, 0.2) is 0 Å². The molecule has 3 N–H and O–H groups in total. The number of nitrogens with one attached hydrogen (secondary N) is 1. The molecule has 0 saturated carbocycles. The number of hydrogen-bond donors (Lipinski definition) is 2. The zero-order chi connectivity index (χ0) is 12.7. The van der Waals surface area contributed by atoms with Gasteiger partial charge in [0, 0.05) is 6.61 Å². The second kappa shape index (κ2) is 6.85. The zero-order valence-corrected chi connectivity index (χ0v) is 9.83. The number of hydrogen-bond acceptors (Lipinski definition) is 3. The van der Waals surface area contributed by atoms with Gasteiger partial charge in [0.25, 0.3) is 0 Å². The van der Waals surface area contributed by atoms with Crippen LogP contribution in [0.15, 0.2) is 18.2 Å². The maximum absolute atomic E-state index is 12.9. The van der Waals surface area contributed by atoms with E-state index in [2.05, 4.69) is 5.32 Å². The van der Waals surface area contributed by atoms with Gasteiger partial charge in [-0.3, -0.25) is 4.79 Å². The molecule has 0 saturated heterocycles. The molecule has 0 radical (unpaired) electrons. The number of anilines is 2. The fourth-order valence-electron chi connectivity index (χ4n) is 1.26. The van der Waals surface area contributed by atoms with E-state index >= 15 is 0 Å². The molecule has 1 amide bonds. The number of amides is 1. The molecule has 94 valence electrons. The van der Waals surface area contributed by atoms with Crippen LogP contribution in [0.4, 0.5) is 15.8 Å². The Balaban J connectivity index is 2.42. The number of nitrogen functional groups attached to an aromatic ring is 1. The normalized spacial score (nSPS) is 10.2. The first-order valence-electron chi connectivity index (χ1n) is 5.56. The van der Waals surface area contributed by atoms with Crippen molar-refractivity contribution in [3.63, 3.8) is 0 Å². The van der Waals surface area contributed by atoms with Crippen molar-refractivity contribution in [3.8, 4) is 0 Å². The Bertz CT molecular complexity index is 383. The Labute approximate surface area is 100.0 Å². The molecule has 4 nitrogen and oxygen atoms in total. The van der Waals surface area contributed by atoms with Gasteiger partial charge in [0.1, 0.15) is 5.82 Å². The fraction of sp³-hybridized carbons (Fsp3) is 0.417. The van der Waals surface area contributed by atoms with Crippen molar-refractivity contribution in [1.29, 1.82) is 0 Å². The number of ether oxygens (including phenoxy) is 1. The van der Waals surface area contributed by atoms with Gasteiger partial charge < -0.3 is 15.8 Å². The van der Waals surface area contributed by atoms with Crippen LogP contribution in [0.1, 0.15) is 19.8 Å². The van der Waals surface area contributed by atoms with Crippen LogP contribution in [0.5, 0.6) is 0 Å². The summed E-state index contributed by atoms with van der Waals surface area (Å²) in [6.07, 6.45) is 1.15. The molecule has 0 aliphatic rings. The average molecular weight is 240 g/mol. The Hall–Kier alpha value is -1.62. The lowest BCUT2D eigenvalue weighted by Gasteiger charge is -2.08. The summed E-state index contributed by atoms with van der Waals surface area (Å²) in [6, 6.07) is 3.86. The van der Waals surface area contributed by atoms with Crippen LogP contribution in [-0.4, -0.2) is 19.1 Å². The minimum Gasteiger partial charge on any atom is -0.397 e. The first-order chi connectivity index (χ1) is 8.13. The molecule has 0 bridgehead atoms. The molecule has 0 fully saturated rings. The van der Waals surface area contributed by atoms with E-state index in [0.717, 1.165) is 6.42 Å². The maximum Gasteiger partial charge on any atom is 0.226 e. The van der Waals surface area contributed by atoms with E-state index in [1.165, 1.54) is 18.2 Å². The highest BCUT2D eigenvalue weighted by atomic mass is 19.1. The van der Waals surface area contributed by atoms with Crippen LogP contribution in [0.25, 0.3) is 0 Å². The molecule has 0 heterocycles. The summed E-state index contributed by atoms with van der Waals surface area (Å²) in [5.41, 5.74) is 6.24. The third kappa shape index (κ3) is 4.82. The molecule has 0 aromatic heterocycles. The molecular weight excluding hydrogens is 223 g/mol. The second-order valence-electron chi connectivity index (χ2n) is 3.64. The van der Waals surface area contributed by atoms with Crippen molar-refractivity contribution < 1.29 is 13.9 Å². The first-order valence-corrected chi connectivity index (χ1v) is 5.56. The molecule has 5 heteroatoms. The molecule has 17 heavy (non-hydrogen) atoms. The van der Waals surface area contributed by atoms with Crippen molar-refractivity contribution in [2.24, 2.45) is 0 Å². The zero-order valence-electron chi connectivity index (χ0n) is 9.83. The number of carbonyl (C=O) groups excluding carboxylic acids is 1. The maximum atomic E-state index is 12.9. The van der Waals surface area contributed by atoms with Gasteiger partial charge in [-0.25, -0.2) is 4.39 Å². The molecule has 0 aliphatic heterocycles. The lowest BCUT2D eigenvalue weighted by molar-refractivity contribution is -0.117. The van der Waals surface area contributed by atoms with E-state index in [1.807, 2.05) is 6.92 Å². The molecule has 0 aliphatic carbocycles. The third-order valence-electron chi connectivity index (χ3n) is 2.11. The van der Waals surface area contributed by atoms with Crippen LogP contribution in [0.2, 0.25) is 0 Å². The average Bonchev–Trinajstić information content (AvgIpc) is 2.29. The highest BCUT2D eigenvalue weighted by molar-refractivity contribution is 5.93. The fourth-order valence-corrected chi connectivity index (χ4v) is 1.26. The van der Waals surface area contributed by atoms with Crippen molar-refractivity contribution >= 4 is 17.3 Å². The largest absolute Gasteiger partial charge is 0.397 e. The molecule has 1 aromatic carbocycles. The molecule has 1 rings (SSSR count). The topological polar surface area (TPSA) is 64.3 Å². The highest BCUT2D eigenvalue weighted by Gasteiger charge is 2.06. The van der Waals surface area contributed by atoms with Gasteiger partial charge >= 0.3 is 0 Å². The Kier molecular flexibility index (Phi) is 5.42. The van der Waals surface area contributed by atoms with Crippen LogP contribution < -0.4 is 11.1 Å². The Morgan fingerprint density at radius 3 is 2.94 bits per heavy atom. The van der Waals surface area contributed by atoms with Crippen molar-refractivity contribution in [2.45, 2.75) is 19.8 Å². The lowest BCUT2D eigenvalue weighted by atomic mass is 10.2. The van der Waals surface area contributed by atoms with Crippen molar-refractivity contribution in [3.05, 3.63) is 24.0 Å². The van der Waals surface area contributed by atoms with Crippen LogP contribution >= 0.6 is 0 Å². The summed E-state index contributed by atoms with van der Waals surface area (Å²) in [4.78, 5) is 11.5. The van der Waals surface area contributed by atoms with Crippen molar-refractivity contribution in [1.82, 2.24) is 0 Å². The standard InChI is InChI=1S/C12H17FN2O2/c1-2-6-17-7-5-12(16)15-11-8-9(13)3-4-10(11)14/h3-4,8H,2,5-7,14H2,1H3,(H,15,16). The van der Waals surface area contributed by atoms with E-state index in [4.69, 9.17) is 10.5 Å². The summed E-state index contributed by atoms with van der Waals surface area (Å²) in [7, 11) is 0. The number of nitrogens with two attached hydrogens (primary N) is 1. The summed E-state index contributed by atoms with van der Waals surface area (Å²) in [5, 5.41) is 2.54. The third-order valence-corrected chi connectivity index (χ3v) is 2.11. The minimum atomic E-state index is -0.434. The number of carbonyl (C=O) groups is 1. The minimum absolute atomic E-state index is 0.232. The van der Waals surface area contributed by atoms with Gasteiger partial charge in [0.05, 0.1) is 24.4 Å². The quantitative estimate of drug-likeness (QED) is 0.591. The smallest absolute Gasteiger partial charge is 0.226 e. The predicted molar refractivity (Wildman–Crippen MR) is 65.2 cm³/mol. The number of halogens is 1. The van der Waals surface area contributed by atoms with E-state index in [1.54, 1.807) is 0 Å². The first kappa shape index (κ1) is 13.4. The SMILES string of the molecule is CCCOCCC(=O)Nc1cc(F)ccc1N. The number of rotatable bonds is 6. The summed E-state index contributed by atoms with van der Waals surface area (Å²) in [6.45, 7) is 2.98. The van der Waals surface area contributed by atoms with Crippen LogP contribution in [0, 0.1) is 5.82 Å². The van der Waals surface area contributed by atoms with Gasteiger partial charge in [-0.2, -0.15) is 0 Å². The molecule has 0 atom stereocenters. The highest BCUT2D eigenvalue weighted by Crippen LogP contribution is 2.19. The van der Waals surface area contributed by atoms with E-state index < -0.39 is 5.82 Å². The van der Waals surface area contributed by atoms with Crippen molar-refractivity contribution in [2.75, 3.05) is 24.3 Å². The second-order valence-corrected chi connectivity index (χ2v) is 3.64. The molecule has 0 spiro atoms. The Morgan fingerprint density at radius 1 is 1.47 bits per heavy atom. The molecule has 1 aromatic rings. The lowest BCUT2D eigenvalue weighted by Crippen LogP contribution is -2.15. The van der Waals surface area contributed by atoms with Gasteiger partial charge in [-0.1, -0.05) is 6.92 Å². The van der Waals surface area contributed by atoms with E-state index in [0.29, 0.717) is 24.6 Å². The predicted octanol–water partition coefficient (Wildman–Crippen LogP) is 2.16. The summed E-state index contributed by atoms with van der Waals surface area (Å²) < 4.78 is 18.1. The van der Waals surface area contributed by atoms with E-state index in [9.17, 15) is 9.18 Å². The molecule has 0 unspecified atom stereocenters. The van der Waals surface area contributed by atoms with Gasteiger partial charge in [-0.15, -0.1) is 0 Å². The summed E-state index contributed by atoms with van der Waals surface area (Å²) in [5.74, 6) is -0.671. The monoisotopic (exact) mass is 240 g/mol. The Morgan fingerprint density at radius 2 is 2.24 bits per heavy atom. The van der Waals surface area contributed by atoms with Crippen LogP contribution in [0.3, 0.4) is 0 Å². The number of benzene rings is 1. The van der Waals surface area contributed by atoms with Crippen LogP contribution in [-0.2, 0) is 9.53 Å². The molecular formula is C12H17FN2O2. The van der Waals surface area contributed by atoms with E-state index in [-0.39, 0.29) is 12.3 Å².